The molecule has 1 aliphatic heterocycles. The largest absolute Gasteiger partial charge is 0.486 e. The first kappa shape index (κ1) is 18.2. The summed E-state index contributed by atoms with van der Waals surface area (Å²) in [5, 5.41) is 15.9. The molecule has 3 rings (SSSR count). The van der Waals surface area contributed by atoms with Crippen LogP contribution in [0.1, 0.15) is 16.8 Å². The zero-order valence-corrected chi connectivity index (χ0v) is 14.3. The van der Waals surface area contributed by atoms with Gasteiger partial charge in [0.1, 0.15) is 13.2 Å². The van der Waals surface area contributed by atoms with Crippen LogP contribution in [-0.2, 0) is 4.79 Å². The molecule has 0 aromatic heterocycles. The second-order valence-electron chi connectivity index (χ2n) is 5.72. The zero-order chi connectivity index (χ0) is 19.2. The second-order valence-corrected chi connectivity index (χ2v) is 5.72. The van der Waals surface area contributed by atoms with Crippen LogP contribution in [0.3, 0.4) is 0 Å². The minimum Gasteiger partial charge on any atom is -0.486 e. The quantitative estimate of drug-likeness (QED) is 0.593. The van der Waals surface area contributed by atoms with Gasteiger partial charge in [-0.3, -0.25) is 19.7 Å². The van der Waals surface area contributed by atoms with E-state index in [0.717, 1.165) is 0 Å². The molecule has 2 N–H and O–H groups in total. The Hall–Kier alpha value is -3.62. The zero-order valence-electron chi connectivity index (χ0n) is 14.3. The van der Waals surface area contributed by atoms with Gasteiger partial charge in [-0.1, -0.05) is 0 Å². The third kappa shape index (κ3) is 4.72. The lowest BCUT2D eigenvalue weighted by Crippen LogP contribution is -2.27. The fourth-order valence-corrected chi connectivity index (χ4v) is 2.47. The topological polar surface area (TPSA) is 120 Å². The van der Waals surface area contributed by atoms with Gasteiger partial charge in [-0.05, 0) is 24.3 Å². The molecule has 0 saturated heterocycles. The molecule has 1 heterocycles. The van der Waals surface area contributed by atoms with E-state index < -0.39 is 10.8 Å². The highest BCUT2D eigenvalue weighted by molar-refractivity contribution is 5.95. The van der Waals surface area contributed by atoms with Crippen molar-refractivity contribution < 1.29 is 24.0 Å². The van der Waals surface area contributed by atoms with E-state index in [9.17, 15) is 19.7 Å². The smallest absolute Gasteiger partial charge is 0.269 e. The fraction of sp³-hybridized carbons (Fsp3) is 0.222. The van der Waals surface area contributed by atoms with E-state index in [1.165, 1.54) is 24.3 Å². The minimum absolute atomic E-state index is 0.0766. The Balaban J connectivity index is 1.46. The second kappa shape index (κ2) is 8.17. The average Bonchev–Trinajstić information content (AvgIpc) is 2.68. The molecule has 0 atom stereocenters. The molecule has 0 saturated carbocycles. The van der Waals surface area contributed by atoms with E-state index in [0.29, 0.717) is 30.4 Å². The van der Waals surface area contributed by atoms with E-state index in [1.54, 1.807) is 18.2 Å². The number of rotatable bonds is 6. The molecule has 27 heavy (non-hydrogen) atoms. The lowest BCUT2D eigenvalue weighted by molar-refractivity contribution is -0.384. The number of nitro benzene ring substituents is 1. The van der Waals surface area contributed by atoms with Gasteiger partial charge in [0.15, 0.2) is 11.5 Å². The molecule has 0 spiro atoms. The summed E-state index contributed by atoms with van der Waals surface area (Å²) in [6, 6.07) is 10.3. The van der Waals surface area contributed by atoms with Gasteiger partial charge in [-0.15, -0.1) is 0 Å². The van der Waals surface area contributed by atoms with E-state index in [-0.39, 0.29) is 30.1 Å². The lowest BCUT2D eigenvalue weighted by Gasteiger charge is -2.19. The fourth-order valence-electron chi connectivity index (χ4n) is 2.47. The highest BCUT2D eigenvalue weighted by atomic mass is 16.6. The standard InChI is InChI=1S/C18H17N3O6/c22-17(20-13-3-6-15-16(11-13)27-10-9-26-15)7-8-19-18(23)12-1-4-14(5-2-12)21(24)25/h1-6,11H,7-10H2,(H,19,23)(H,20,22). The molecule has 2 amide bonds. The molecule has 9 nitrogen and oxygen atoms in total. The predicted octanol–water partition coefficient (Wildman–Crippen LogP) is 2.12. The van der Waals surface area contributed by atoms with Crippen LogP contribution in [0.2, 0.25) is 0 Å². The predicted molar refractivity (Wildman–Crippen MR) is 96.1 cm³/mol. The van der Waals surface area contributed by atoms with Crippen LogP contribution in [0.5, 0.6) is 11.5 Å². The summed E-state index contributed by atoms with van der Waals surface area (Å²) in [5.41, 5.74) is 0.768. The summed E-state index contributed by atoms with van der Waals surface area (Å²) in [4.78, 5) is 34.1. The summed E-state index contributed by atoms with van der Waals surface area (Å²) < 4.78 is 10.9. The number of benzene rings is 2. The van der Waals surface area contributed by atoms with Gasteiger partial charge in [0, 0.05) is 42.4 Å². The van der Waals surface area contributed by atoms with Crippen LogP contribution in [0.25, 0.3) is 0 Å². The summed E-state index contributed by atoms with van der Waals surface area (Å²) in [6.07, 6.45) is 0.0766. The van der Waals surface area contributed by atoms with Crippen LogP contribution < -0.4 is 20.1 Å². The Labute approximate surface area is 154 Å². The molecule has 2 aromatic rings. The molecule has 0 bridgehead atoms. The van der Waals surface area contributed by atoms with Crippen molar-refractivity contribution >= 4 is 23.2 Å². The van der Waals surface area contributed by atoms with Gasteiger partial charge in [-0.2, -0.15) is 0 Å². The van der Waals surface area contributed by atoms with Crippen molar-refractivity contribution in [2.45, 2.75) is 6.42 Å². The number of fused-ring (bicyclic) bond motifs is 1. The molecule has 2 aromatic carbocycles. The number of hydrogen-bond acceptors (Lipinski definition) is 6. The van der Waals surface area contributed by atoms with Gasteiger partial charge in [-0.25, -0.2) is 0 Å². The first-order valence-electron chi connectivity index (χ1n) is 8.25. The van der Waals surface area contributed by atoms with Crippen molar-refractivity contribution in [2.24, 2.45) is 0 Å². The van der Waals surface area contributed by atoms with Crippen LogP contribution in [0.4, 0.5) is 11.4 Å². The van der Waals surface area contributed by atoms with Crippen LogP contribution in [-0.4, -0.2) is 36.5 Å². The number of hydrogen-bond donors (Lipinski definition) is 2. The normalized spacial score (nSPS) is 12.1. The van der Waals surface area contributed by atoms with Crippen molar-refractivity contribution in [1.82, 2.24) is 5.32 Å². The first-order chi connectivity index (χ1) is 13.0. The summed E-state index contributed by atoms with van der Waals surface area (Å²) in [7, 11) is 0. The molecule has 9 heteroatoms. The van der Waals surface area contributed by atoms with E-state index >= 15 is 0 Å². The molecule has 140 valence electrons. The minimum atomic E-state index is -0.538. The molecular formula is C18H17N3O6. The highest BCUT2D eigenvalue weighted by Gasteiger charge is 2.13. The maximum absolute atomic E-state index is 12.0. The van der Waals surface area contributed by atoms with E-state index in [4.69, 9.17) is 9.47 Å². The molecule has 0 radical (unpaired) electrons. The molecule has 1 aliphatic rings. The number of nitrogens with zero attached hydrogens (tertiary/aromatic N) is 1. The lowest BCUT2D eigenvalue weighted by atomic mass is 10.2. The average molecular weight is 371 g/mol. The maximum atomic E-state index is 12.0. The Morgan fingerprint density at radius 1 is 1.04 bits per heavy atom. The Kier molecular flexibility index (Phi) is 5.50. The first-order valence-corrected chi connectivity index (χ1v) is 8.25. The van der Waals surface area contributed by atoms with Crippen LogP contribution in [0, 0.1) is 10.1 Å². The Bertz CT molecular complexity index is 866. The van der Waals surface area contributed by atoms with Gasteiger partial charge >= 0.3 is 0 Å². The van der Waals surface area contributed by atoms with Crippen molar-refractivity contribution in [3.63, 3.8) is 0 Å². The monoisotopic (exact) mass is 371 g/mol. The van der Waals surface area contributed by atoms with Crippen molar-refractivity contribution in [2.75, 3.05) is 25.1 Å². The SMILES string of the molecule is O=C(CCNC(=O)c1ccc([N+](=O)[O-])cc1)Nc1ccc2c(c1)OCCO2. The molecular weight excluding hydrogens is 354 g/mol. The number of non-ortho nitro benzene ring substituents is 1. The summed E-state index contributed by atoms with van der Waals surface area (Å²) in [6.45, 7) is 1.08. The molecule has 0 unspecified atom stereocenters. The van der Waals surface area contributed by atoms with Crippen LogP contribution >= 0.6 is 0 Å². The number of nitro groups is 1. The number of carbonyl (C=O) groups excluding carboxylic acids is 2. The number of carbonyl (C=O) groups is 2. The Morgan fingerprint density at radius 2 is 1.74 bits per heavy atom. The summed E-state index contributed by atoms with van der Waals surface area (Å²) >= 11 is 0. The Morgan fingerprint density at radius 3 is 2.44 bits per heavy atom. The van der Waals surface area contributed by atoms with Crippen molar-refractivity contribution in [3.05, 3.63) is 58.1 Å². The van der Waals surface area contributed by atoms with Gasteiger partial charge in [0.05, 0.1) is 4.92 Å². The number of nitrogens with one attached hydrogen (secondary N) is 2. The number of anilines is 1. The van der Waals surface area contributed by atoms with E-state index in [2.05, 4.69) is 10.6 Å². The van der Waals surface area contributed by atoms with Gasteiger partial charge in [0.2, 0.25) is 5.91 Å². The molecule has 0 fully saturated rings. The van der Waals surface area contributed by atoms with Crippen molar-refractivity contribution in [3.8, 4) is 11.5 Å². The highest BCUT2D eigenvalue weighted by Crippen LogP contribution is 2.32. The molecule has 0 aliphatic carbocycles. The summed E-state index contributed by atoms with van der Waals surface area (Å²) in [5.74, 6) is 0.535. The van der Waals surface area contributed by atoms with Gasteiger partial charge in [0.25, 0.3) is 11.6 Å². The van der Waals surface area contributed by atoms with E-state index in [1.807, 2.05) is 0 Å². The van der Waals surface area contributed by atoms with Crippen molar-refractivity contribution in [1.29, 1.82) is 0 Å². The third-order valence-electron chi connectivity index (χ3n) is 3.80. The maximum Gasteiger partial charge on any atom is 0.269 e. The third-order valence-corrected chi connectivity index (χ3v) is 3.80. The van der Waals surface area contributed by atoms with Crippen LogP contribution in [0.15, 0.2) is 42.5 Å². The number of amides is 2. The van der Waals surface area contributed by atoms with Gasteiger partial charge < -0.3 is 20.1 Å². The number of ether oxygens (including phenoxy) is 2.